The van der Waals surface area contributed by atoms with Crippen molar-refractivity contribution in [3.05, 3.63) is 29.5 Å². The van der Waals surface area contributed by atoms with Crippen molar-refractivity contribution in [1.82, 2.24) is 4.98 Å². The van der Waals surface area contributed by atoms with Crippen LogP contribution in [-0.4, -0.2) is 19.7 Å². The Hall–Kier alpha value is -1.29. The Morgan fingerprint density at radius 3 is 2.71 bits per heavy atom. The second kappa shape index (κ2) is 3.60. The Morgan fingerprint density at radius 1 is 1.18 bits per heavy atom. The Balaban J connectivity index is 2.38. The van der Waals surface area contributed by atoms with E-state index < -0.39 is 9.84 Å². The largest absolute Gasteiger partial charge is 0.357 e. The van der Waals surface area contributed by atoms with Crippen LogP contribution in [0.4, 0.5) is 0 Å². The quantitative estimate of drug-likeness (QED) is 0.844. The van der Waals surface area contributed by atoms with Gasteiger partial charge < -0.3 is 4.98 Å². The van der Waals surface area contributed by atoms with Crippen LogP contribution in [0.2, 0.25) is 0 Å². The van der Waals surface area contributed by atoms with Gasteiger partial charge in [0.1, 0.15) is 0 Å². The molecular formula is C13H15NO2S. The van der Waals surface area contributed by atoms with Gasteiger partial charge in [-0.05, 0) is 37.3 Å². The van der Waals surface area contributed by atoms with Crippen LogP contribution >= 0.6 is 0 Å². The van der Waals surface area contributed by atoms with Gasteiger partial charge in [-0.15, -0.1) is 0 Å². The van der Waals surface area contributed by atoms with E-state index in [0.29, 0.717) is 4.90 Å². The topological polar surface area (TPSA) is 49.9 Å². The van der Waals surface area contributed by atoms with Gasteiger partial charge in [-0.3, -0.25) is 0 Å². The lowest BCUT2D eigenvalue weighted by atomic mass is 9.96. The second-order valence-corrected chi connectivity index (χ2v) is 6.72. The zero-order valence-corrected chi connectivity index (χ0v) is 10.6. The number of fused-ring (bicyclic) bond motifs is 3. The molecule has 0 spiro atoms. The summed E-state index contributed by atoms with van der Waals surface area (Å²) in [7, 11) is -3.16. The molecule has 1 aromatic heterocycles. The number of aromatic amines is 1. The first-order chi connectivity index (χ1) is 8.07. The molecule has 2 aromatic rings. The Kier molecular flexibility index (Phi) is 2.30. The lowest BCUT2D eigenvalue weighted by molar-refractivity contribution is 0.602. The molecule has 0 amide bonds. The highest BCUT2D eigenvalue weighted by Crippen LogP contribution is 2.32. The van der Waals surface area contributed by atoms with Crippen molar-refractivity contribution in [2.75, 3.05) is 6.26 Å². The minimum Gasteiger partial charge on any atom is -0.357 e. The average molecular weight is 249 g/mol. The molecule has 0 radical (unpaired) electrons. The summed E-state index contributed by atoms with van der Waals surface area (Å²) in [5, 5.41) is 1.09. The number of para-hydroxylation sites is 1. The molecule has 1 aliphatic carbocycles. The van der Waals surface area contributed by atoms with Gasteiger partial charge in [0.15, 0.2) is 9.84 Å². The molecule has 1 aliphatic rings. The number of aryl methyl sites for hydroxylation is 2. The molecule has 17 heavy (non-hydrogen) atoms. The standard InChI is InChI=1S/C13H15NO2S/c1-17(15,16)12-8-4-6-10-9-5-2-3-7-11(9)14-13(10)12/h4,6,8,14H,2-3,5,7H2,1H3. The number of sulfone groups is 1. The molecule has 1 aromatic carbocycles. The molecule has 1 N–H and O–H groups in total. The average Bonchev–Trinajstić information content (AvgIpc) is 2.65. The highest BCUT2D eigenvalue weighted by Gasteiger charge is 2.19. The fourth-order valence-corrected chi connectivity index (χ4v) is 3.57. The van der Waals surface area contributed by atoms with Crippen LogP contribution in [0.25, 0.3) is 10.9 Å². The Morgan fingerprint density at radius 2 is 1.94 bits per heavy atom. The number of rotatable bonds is 1. The molecule has 0 aliphatic heterocycles. The molecule has 0 saturated heterocycles. The zero-order chi connectivity index (χ0) is 12.0. The number of benzene rings is 1. The smallest absolute Gasteiger partial charge is 0.177 e. The fourth-order valence-electron chi connectivity index (χ4n) is 2.71. The first-order valence-electron chi connectivity index (χ1n) is 5.90. The number of hydrogen-bond donors (Lipinski definition) is 1. The van der Waals surface area contributed by atoms with Crippen LogP contribution in [-0.2, 0) is 22.7 Å². The molecular weight excluding hydrogens is 234 g/mol. The number of H-pyrrole nitrogens is 1. The van der Waals surface area contributed by atoms with E-state index in [9.17, 15) is 8.42 Å². The van der Waals surface area contributed by atoms with E-state index in [2.05, 4.69) is 4.98 Å². The van der Waals surface area contributed by atoms with Crippen LogP contribution in [0.1, 0.15) is 24.1 Å². The molecule has 0 saturated carbocycles. The third kappa shape index (κ3) is 1.67. The minimum atomic E-state index is -3.16. The van der Waals surface area contributed by atoms with Crippen molar-refractivity contribution in [3.63, 3.8) is 0 Å². The SMILES string of the molecule is CS(=O)(=O)c1cccc2c3c([nH]c12)CCCC3. The van der Waals surface area contributed by atoms with Crippen LogP contribution in [0.3, 0.4) is 0 Å². The lowest BCUT2D eigenvalue weighted by Gasteiger charge is -2.10. The maximum Gasteiger partial charge on any atom is 0.177 e. The molecule has 0 fully saturated rings. The molecule has 4 heteroatoms. The van der Waals surface area contributed by atoms with Crippen molar-refractivity contribution >= 4 is 20.7 Å². The number of aromatic nitrogens is 1. The molecule has 90 valence electrons. The van der Waals surface area contributed by atoms with Gasteiger partial charge in [0.2, 0.25) is 0 Å². The van der Waals surface area contributed by atoms with E-state index in [0.717, 1.165) is 23.7 Å². The molecule has 0 unspecified atom stereocenters. The van der Waals surface area contributed by atoms with E-state index in [4.69, 9.17) is 0 Å². The van der Waals surface area contributed by atoms with Crippen LogP contribution in [0.15, 0.2) is 23.1 Å². The summed E-state index contributed by atoms with van der Waals surface area (Å²) >= 11 is 0. The highest BCUT2D eigenvalue weighted by atomic mass is 32.2. The monoisotopic (exact) mass is 249 g/mol. The predicted molar refractivity (Wildman–Crippen MR) is 68.1 cm³/mol. The Labute approximate surface area is 101 Å². The van der Waals surface area contributed by atoms with Gasteiger partial charge in [0.05, 0.1) is 10.4 Å². The zero-order valence-electron chi connectivity index (χ0n) is 9.79. The van der Waals surface area contributed by atoms with Crippen molar-refractivity contribution in [3.8, 4) is 0 Å². The maximum absolute atomic E-state index is 11.7. The van der Waals surface area contributed by atoms with Crippen LogP contribution in [0, 0.1) is 0 Å². The predicted octanol–water partition coefficient (Wildman–Crippen LogP) is 2.45. The molecule has 3 nitrogen and oxygen atoms in total. The third-order valence-electron chi connectivity index (χ3n) is 3.49. The van der Waals surface area contributed by atoms with Gasteiger partial charge in [0.25, 0.3) is 0 Å². The van der Waals surface area contributed by atoms with E-state index in [1.165, 1.54) is 30.4 Å². The van der Waals surface area contributed by atoms with E-state index in [1.807, 2.05) is 12.1 Å². The summed E-state index contributed by atoms with van der Waals surface area (Å²) in [5.41, 5.74) is 3.33. The molecule has 0 atom stereocenters. The number of hydrogen-bond acceptors (Lipinski definition) is 2. The van der Waals surface area contributed by atoms with Gasteiger partial charge in [-0.2, -0.15) is 0 Å². The highest BCUT2D eigenvalue weighted by molar-refractivity contribution is 7.91. The summed E-state index contributed by atoms with van der Waals surface area (Å²) < 4.78 is 23.5. The summed E-state index contributed by atoms with van der Waals surface area (Å²) in [6, 6.07) is 5.53. The first-order valence-corrected chi connectivity index (χ1v) is 7.79. The summed E-state index contributed by atoms with van der Waals surface area (Å²) in [6.07, 6.45) is 5.74. The van der Waals surface area contributed by atoms with Gasteiger partial charge in [-0.1, -0.05) is 12.1 Å². The van der Waals surface area contributed by atoms with Gasteiger partial charge in [0, 0.05) is 17.3 Å². The normalized spacial score (nSPS) is 16.1. The van der Waals surface area contributed by atoms with Gasteiger partial charge >= 0.3 is 0 Å². The van der Waals surface area contributed by atoms with Gasteiger partial charge in [-0.25, -0.2) is 8.42 Å². The third-order valence-corrected chi connectivity index (χ3v) is 4.63. The van der Waals surface area contributed by atoms with Crippen LogP contribution < -0.4 is 0 Å². The fraction of sp³-hybridized carbons (Fsp3) is 0.385. The van der Waals surface area contributed by atoms with Crippen molar-refractivity contribution in [2.45, 2.75) is 30.6 Å². The second-order valence-electron chi connectivity index (χ2n) is 4.74. The van der Waals surface area contributed by atoms with Crippen molar-refractivity contribution in [1.29, 1.82) is 0 Å². The van der Waals surface area contributed by atoms with Crippen LogP contribution in [0.5, 0.6) is 0 Å². The van der Waals surface area contributed by atoms with Crippen molar-refractivity contribution in [2.24, 2.45) is 0 Å². The molecule has 3 rings (SSSR count). The first kappa shape index (κ1) is 10.8. The molecule has 0 bridgehead atoms. The lowest BCUT2D eigenvalue weighted by Crippen LogP contribution is -1.99. The van der Waals surface area contributed by atoms with E-state index in [-0.39, 0.29) is 0 Å². The minimum absolute atomic E-state index is 0.421. The number of nitrogens with one attached hydrogen (secondary N) is 1. The van der Waals surface area contributed by atoms with E-state index in [1.54, 1.807) is 6.07 Å². The Bertz CT molecular complexity index is 683. The maximum atomic E-state index is 11.7. The summed E-state index contributed by atoms with van der Waals surface area (Å²) in [5.74, 6) is 0. The van der Waals surface area contributed by atoms with Crippen molar-refractivity contribution < 1.29 is 8.42 Å². The molecule has 1 heterocycles. The summed E-state index contributed by atoms with van der Waals surface area (Å²) in [6.45, 7) is 0. The summed E-state index contributed by atoms with van der Waals surface area (Å²) in [4.78, 5) is 3.73. The van der Waals surface area contributed by atoms with E-state index >= 15 is 0 Å².